The van der Waals surface area contributed by atoms with E-state index in [9.17, 15) is 14.4 Å². The molecule has 0 heterocycles. The van der Waals surface area contributed by atoms with E-state index in [0.29, 0.717) is 98.4 Å². The van der Waals surface area contributed by atoms with E-state index in [1.54, 1.807) is 0 Å². The Balaban J connectivity index is 4.54. The average molecular weight is 623 g/mol. The second kappa shape index (κ2) is 29.9. The van der Waals surface area contributed by atoms with Gasteiger partial charge in [0.2, 0.25) is 17.7 Å². The van der Waals surface area contributed by atoms with E-state index in [1.807, 2.05) is 0 Å². The number of nitrogens with two attached hydrogens (primary N) is 1. The molecule has 3 amide bonds. The van der Waals surface area contributed by atoms with Crippen LogP contribution in [-0.2, 0) is 42.8 Å². The maximum absolute atomic E-state index is 12.4. The maximum atomic E-state index is 12.4. The van der Waals surface area contributed by atoms with Crippen LogP contribution in [-0.4, -0.2) is 122 Å². The molecule has 0 atom stereocenters. The minimum atomic E-state index is -0.910. The molecule has 0 aromatic heterocycles. The highest BCUT2D eigenvalue weighted by molar-refractivity contribution is 5.77. The molecule has 0 aromatic rings. The van der Waals surface area contributed by atoms with Gasteiger partial charge in [0.1, 0.15) is 19.8 Å². The number of ether oxygens (including phenoxy) is 6. The molecule has 44 heavy (non-hydrogen) atoms. The molecule has 0 fully saturated rings. The van der Waals surface area contributed by atoms with Crippen LogP contribution in [0.1, 0.15) is 38.5 Å². The summed E-state index contributed by atoms with van der Waals surface area (Å²) in [6.07, 6.45) is 16.6. The van der Waals surface area contributed by atoms with Gasteiger partial charge in [-0.05, 0) is 19.3 Å². The third-order valence-electron chi connectivity index (χ3n) is 5.93. The van der Waals surface area contributed by atoms with Crippen LogP contribution in [0, 0.1) is 37.0 Å². The van der Waals surface area contributed by atoms with Crippen LogP contribution in [0.3, 0.4) is 0 Å². The van der Waals surface area contributed by atoms with E-state index in [-0.39, 0.29) is 56.8 Å². The summed E-state index contributed by atoms with van der Waals surface area (Å²) in [5.74, 6) is 6.49. The molecule has 0 bridgehead atoms. The molecule has 0 rings (SSSR count). The third-order valence-corrected chi connectivity index (χ3v) is 5.93. The Morgan fingerprint density at radius 1 is 0.500 bits per heavy atom. The molecule has 248 valence electrons. The molecule has 13 heteroatoms. The van der Waals surface area contributed by atoms with Gasteiger partial charge in [-0.15, -0.1) is 19.3 Å². The molecule has 0 radical (unpaired) electrons. The van der Waals surface area contributed by atoms with Crippen LogP contribution in [0.2, 0.25) is 0 Å². The number of nitrogens with one attached hydrogen (secondary N) is 3. The Bertz CT molecular complexity index is 784. The van der Waals surface area contributed by atoms with Crippen molar-refractivity contribution in [1.29, 1.82) is 0 Å². The minimum Gasteiger partial charge on any atom is -0.377 e. The van der Waals surface area contributed by atoms with Crippen molar-refractivity contribution in [3.63, 3.8) is 0 Å². The molecule has 0 unspecified atom stereocenters. The second-order valence-corrected chi connectivity index (χ2v) is 9.52. The summed E-state index contributed by atoms with van der Waals surface area (Å²) in [4.78, 5) is 37.3. The normalized spacial score (nSPS) is 10.8. The molecule has 0 aliphatic carbocycles. The van der Waals surface area contributed by atoms with Gasteiger partial charge in [0.25, 0.3) is 0 Å². The SMILES string of the molecule is C#CCOCCOCCNC(=O)CCC(N)(CCC(=O)NCCOCCOCC#C)CCC(=O)NCCOCCOCC#C. The van der Waals surface area contributed by atoms with E-state index >= 15 is 0 Å². The van der Waals surface area contributed by atoms with Gasteiger partial charge < -0.3 is 50.1 Å². The minimum absolute atomic E-state index is 0.135. The molecule has 0 aliphatic heterocycles. The van der Waals surface area contributed by atoms with E-state index in [0.717, 1.165) is 0 Å². The van der Waals surface area contributed by atoms with Crippen molar-refractivity contribution in [3.05, 3.63) is 0 Å². The molecule has 0 saturated carbocycles. The summed E-state index contributed by atoms with van der Waals surface area (Å²) >= 11 is 0. The second-order valence-electron chi connectivity index (χ2n) is 9.52. The Morgan fingerprint density at radius 2 is 0.773 bits per heavy atom. The molecule has 0 aliphatic rings. The summed E-state index contributed by atoms with van der Waals surface area (Å²) < 4.78 is 31.5. The highest BCUT2D eigenvalue weighted by atomic mass is 16.5. The van der Waals surface area contributed by atoms with Crippen LogP contribution < -0.4 is 21.7 Å². The zero-order valence-corrected chi connectivity index (χ0v) is 25.8. The van der Waals surface area contributed by atoms with E-state index in [1.165, 1.54) is 0 Å². The fourth-order valence-corrected chi connectivity index (χ4v) is 3.57. The van der Waals surface area contributed by atoms with E-state index in [2.05, 4.69) is 33.7 Å². The first-order valence-electron chi connectivity index (χ1n) is 14.7. The summed E-state index contributed by atoms with van der Waals surface area (Å²) in [6.45, 7) is 4.84. The third kappa shape index (κ3) is 27.6. The van der Waals surface area contributed by atoms with Crippen molar-refractivity contribution in [2.75, 3.05) is 98.9 Å². The monoisotopic (exact) mass is 622 g/mol. The lowest BCUT2D eigenvalue weighted by atomic mass is 9.84. The number of amides is 3. The van der Waals surface area contributed by atoms with Gasteiger partial charge >= 0.3 is 0 Å². The highest BCUT2D eigenvalue weighted by Gasteiger charge is 2.27. The lowest BCUT2D eigenvalue weighted by Gasteiger charge is -2.29. The zero-order chi connectivity index (χ0) is 32.6. The predicted octanol–water partition coefficient (Wildman–Crippen LogP) is -0.628. The van der Waals surface area contributed by atoms with Crippen molar-refractivity contribution in [1.82, 2.24) is 16.0 Å². The fraction of sp³-hybridized carbons (Fsp3) is 0.710. The van der Waals surface area contributed by atoms with Crippen LogP contribution in [0.5, 0.6) is 0 Å². The Labute approximate surface area is 262 Å². The maximum Gasteiger partial charge on any atom is 0.220 e. The smallest absolute Gasteiger partial charge is 0.220 e. The Hall–Kier alpha value is -3.19. The zero-order valence-electron chi connectivity index (χ0n) is 25.8. The van der Waals surface area contributed by atoms with Crippen LogP contribution in [0.25, 0.3) is 0 Å². The van der Waals surface area contributed by atoms with Gasteiger partial charge in [0.15, 0.2) is 0 Å². The van der Waals surface area contributed by atoms with Gasteiger partial charge in [-0.2, -0.15) is 0 Å². The standard InChI is InChI=1S/C31H50N4O9/c1-4-16-39-22-25-42-19-13-33-28(36)7-10-31(32,11-8-29(37)34-14-20-43-26-23-40-17-5-2)12-9-30(38)35-15-21-44-27-24-41-18-6-3/h1-3H,7-27,32H2,(H,33,36)(H,34,37)(H,35,38). The lowest BCUT2D eigenvalue weighted by molar-refractivity contribution is -0.121. The van der Waals surface area contributed by atoms with Gasteiger partial charge in [0.05, 0.1) is 59.5 Å². The summed E-state index contributed by atoms with van der Waals surface area (Å²) in [5.41, 5.74) is 5.74. The highest BCUT2D eigenvalue weighted by Crippen LogP contribution is 2.23. The quantitative estimate of drug-likeness (QED) is 0.0598. The molecule has 0 saturated heterocycles. The number of hydrogen-bond donors (Lipinski definition) is 4. The number of carbonyl (C=O) groups is 3. The first-order chi connectivity index (χ1) is 21.4. The largest absolute Gasteiger partial charge is 0.377 e. The number of terminal acetylenes is 3. The molecule has 0 aromatic carbocycles. The topological polar surface area (TPSA) is 169 Å². The van der Waals surface area contributed by atoms with Crippen molar-refractivity contribution in [3.8, 4) is 37.0 Å². The summed E-state index contributed by atoms with van der Waals surface area (Å²) in [6, 6.07) is 0. The van der Waals surface area contributed by atoms with Crippen LogP contribution >= 0.6 is 0 Å². The first-order valence-corrected chi connectivity index (χ1v) is 14.7. The van der Waals surface area contributed by atoms with Gasteiger partial charge in [-0.1, -0.05) is 17.8 Å². The summed E-state index contributed by atoms with van der Waals surface area (Å²) in [5, 5.41) is 8.35. The Kier molecular flexibility index (Phi) is 27.7. The van der Waals surface area contributed by atoms with E-state index < -0.39 is 5.54 Å². The number of carbonyl (C=O) groups excluding carboxylic acids is 3. The average Bonchev–Trinajstić information content (AvgIpc) is 3.02. The van der Waals surface area contributed by atoms with Crippen molar-refractivity contribution in [2.24, 2.45) is 5.73 Å². The van der Waals surface area contributed by atoms with Crippen LogP contribution in [0.15, 0.2) is 0 Å². The van der Waals surface area contributed by atoms with Gasteiger partial charge in [-0.25, -0.2) is 0 Å². The molecule has 5 N–H and O–H groups in total. The fourth-order valence-electron chi connectivity index (χ4n) is 3.57. The Morgan fingerprint density at radius 3 is 1.05 bits per heavy atom. The van der Waals surface area contributed by atoms with Crippen LogP contribution in [0.4, 0.5) is 0 Å². The molecular formula is C31H50N4O9. The van der Waals surface area contributed by atoms with Gasteiger partial charge in [0, 0.05) is 44.4 Å². The number of rotatable bonds is 30. The van der Waals surface area contributed by atoms with Gasteiger partial charge in [-0.3, -0.25) is 14.4 Å². The predicted molar refractivity (Wildman–Crippen MR) is 165 cm³/mol. The molecule has 0 spiro atoms. The molecule has 13 nitrogen and oxygen atoms in total. The first kappa shape index (κ1) is 40.8. The lowest BCUT2D eigenvalue weighted by Crippen LogP contribution is -2.44. The van der Waals surface area contributed by atoms with Crippen molar-refractivity contribution >= 4 is 17.7 Å². The number of hydrogen-bond acceptors (Lipinski definition) is 10. The summed E-state index contributed by atoms with van der Waals surface area (Å²) in [7, 11) is 0. The molecular weight excluding hydrogens is 572 g/mol. The van der Waals surface area contributed by atoms with E-state index in [4.69, 9.17) is 53.4 Å². The van der Waals surface area contributed by atoms with Crippen molar-refractivity contribution in [2.45, 2.75) is 44.1 Å². The van der Waals surface area contributed by atoms with Crippen molar-refractivity contribution < 1.29 is 42.8 Å².